The number of rotatable bonds is 4. The Balaban J connectivity index is 2.13. The Morgan fingerprint density at radius 1 is 1.10 bits per heavy atom. The summed E-state index contributed by atoms with van der Waals surface area (Å²) in [6.45, 7) is 13.4. The highest BCUT2D eigenvalue weighted by atomic mass is 32.2. The summed E-state index contributed by atoms with van der Waals surface area (Å²) >= 11 is 0. The maximum atomic E-state index is 12.6. The zero-order valence-electron chi connectivity index (χ0n) is 18.9. The Kier molecular flexibility index (Phi) is 5.33. The summed E-state index contributed by atoms with van der Waals surface area (Å²) < 4.78 is 27.5. The van der Waals surface area contributed by atoms with Crippen LogP contribution in [0.25, 0.3) is 11.6 Å². The van der Waals surface area contributed by atoms with Crippen molar-refractivity contribution in [2.24, 2.45) is 0 Å². The Labute approximate surface area is 175 Å². The van der Waals surface area contributed by atoms with Gasteiger partial charge in [0, 0.05) is 26.5 Å². The smallest absolute Gasteiger partial charge is 0.236 e. The molecule has 3 rings (SSSR count). The lowest BCUT2D eigenvalue weighted by Crippen LogP contribution is -2.34. The molecule has 0 N–H and O–H groups in total. The lowest BCUT2D eigenvalue weighted by atomic mass is 9.62. The number of fused-ring (bicyclic) bond motifs is 1. The van der Waals surface area contributed by atoms with Gasteiger partial charge >= 0.3 is 10.2 Å². The first-order valence-corrected chi connectivity index (χ1v) is 11.5. The van der Waals surface area contributed by atoms with E-state index in [0.29, 0.717) is 5.82 Å². The molecule has 29 heavy (non-hydrogen) atoms. The van der Waals surface area contributed by atoms with Crippen LogP contribution in [0.1, 0.15) is 75.5 Å². The van der Waals surface area contributed by atoms with Crippen LogP contribution in [0, 0.1) is 6.92 Å². The molecular formula is C23H33N3O2S. The van der Waals surface area contributed by atoms with Crippen molar-refractivity contribution in [3.05, 3.63) is 52.6 Å². The lowest BCUT2D eigenvalue weighted by Gasteiger charge is -2.42. The van der Waals surface area contributed by atoms with E-state index < -0.39 is 10.2 Å². The molecule has 0 unspecified atom stereocenters. The first kappa shape index (κ1) is 21.8. The average molecular weight is 416 g/mol. The number of imidazole rings is 1. The molecule has 6 heteroatoms. The highest BCUT2D eigenvalue weighted by Gasteiger charge is 2.37. The van der Waals surface area contributed by atoms with Crippen LogP contribution in [0.5, 0.6) is 0 Å². The summed E-state index contributed by atoms with van der Waals surface area (Å²) in [6, 6.07) is 4.64. The third-order valence-electron chi connectivity index (χ3n) is 6.31. The van der Waals surface area contributed by atoms with Crippen LogP contribution >= 0.6 is 0 Å². The van der Waals surface area contributed by atoms with E-state index in [4.69, 9.17) is 0 Å². The van der Waals surface area contributed by atoms with Gasteiger partial charge in [-0.1, -0.05) is 39.8 Å². The second-order valence-corrected chi connectivity index (χ2v) is 11.7. The third kappa shape index (κ3) is 3.80. The number of allylic oxidation sites excluding steroid dienone is 1. The summed E-state index contributed by atoms with van der Waals surface area (Å²) in [6.07, 6.45) is 7.20. The van der Waals surface area contributed by atoms with E-state index in [1.165, 1.54) is 57.9 Å². The zero-order chi connectivity index (χ0) is 21.8. The van der Waals surface area contributed by atoms with Crippen LogP contribution in [0.2, 0.25) is 0 Å². The van der Waals surface area contributed by atoms with Gasteiger partial charge in [0.2, 0.25) is 0 Å². The second-order valence-electron chi connectivity index (χ2n) is 9.68. The zero-order valence-corrected chi connectivity index (χ0v) is 19.7. The molecule has 2 aromatic rings. The van der Waals surface area contributed by atoms with E-state index in [2.05, 4.69) is 51.7 Å². The molecule has 0 radical (unpaired) electrons. The standard InChI is InChI=1S/C23H33N3O2S/c1-16-13-19-20(23(5,6)10-9-22(19,3)4)15-18(16)17(2)14-21-24-11-12-26(21)29(27,28)25(7)8/h11-15H,9-10H2,1-8H3/b17-14-. The molecule has 0 amide bonds. The van der Waals surface area contributed by atoms with E-state index in [0.717, 1.165) is 17.6 Å². The predicted octanol–water partition coefficient (Wildman–Crippen LogP) is 4.76. The van der Waals surface area contributed by atoms with Gasteiger partial charge in [-0.15, -0.1) is 0 Å². The summed E-state index contributed by atoms with van der Waals surface area (Å²) in [5.74, 6) is 0.410. The van der Waals surface area contributed by atoms with Gasteiger partial charge in [0.1, 0.15) is 5.82 Å². The molecule has 1 heterocycles. The SMILES string of the molecule is C/C(=C/c1nccn1S(=O)(=O)N(C)C)c1cc2c(cc1C)C(C)(C)CCC2(C)C. The molecule has 0 bridgehead atoms. The molecular weight excluding hydrogens is 382 g/mol. The molecule has 1 aromatic heterocycles. The van der Waals surface area contributed by atoms with Crippen molar-refractivity contribution in [3.63, 3.8) is 0 Å². The van der Waals surface area contributed by atoms with Crippen molar-refractivity contribution in [2.75, 3.05) is 14.1 Å². The molecule has 0 aliphatic heterocycles. The number of aromatic nitrogens is 2. The van der Waals surface area contributed by atoms with Gasteiger partial charge in [0.05, 0.1) is 0 Å². The highest BCUT2D eigenvalue weighted by Crippen LogP contribution is 2.47. The number of nitrogens with zero attached hydrogens (tertiary/aromatic N) is 3. The molecule has 158 valence electrons. The van der Waals surface area contributed by atoms with Gasteiger partial charge in [-0.05, 0) is 71.4 Å². The molecule has 0 saturated carbocycles. The third-order valence-corrected chi connectivity index (χ3v) is 8.04. The Morgan fingerprint density at radius 2 is 1.66 bits per heavy atom. The summed E-state index contributed by atoms with van der Waals surface area (Å²) in [5, 5.41) is 0. The maximum absolute atomic E-state index is 12.6. The summed E-state index contributed by atoms with van der Waals surface area (Å²) in [4.78, 5) is 4.28. The Morgan fingerprint density at radius 3 is 2.21 bits per heavy atom. The molecule has 1 aromatic carbocycles. The van der Waals surface area contributed by atoms with Crippen LogP contribution in [-0.4, -0.2) is 35.8 Å². The van der Waals surface area contributed by atoms with E-state index in [1.54, 1.807) is 0 Å². The van der Waals surface area contributed by atoms with Crippen LogP contribution < -0.4 is 0 Å². The molecule has 5 nitrogen and oxygen atoms in total. The predicted molar refractivity (Wildman–Crippen MR) is 120 cm³/mol. The van der Waals surface area contributed by atoms with Gasteiger partial charge in [-0.3, -0.25) is 0 Å². The topological polar surface area (TPSA) is 55.2 Å². The van der Waals surface area contributed by atoms with E-state index >= 15 is 0 Å². The van der Waals surface area contributed by atoms with Crippen molar-refractivity contribution in [3.8, 4) is 0 Å². The van der Waals surface area contributed by atoms with Gasteiger partial charge in [-0.25, -0.2) is 8.96 Å². The van der Waals surface area contributed by atoms with Crippen LogP contribution in [0.3, 0.4) is 0 Å². The summed E-state index contributed by atoms with van der Waals surface area (Å²) in [5.41, 5.74) is 6.47. The lowest BCUT2D eigenvalue weighted by molar-refractivity contribution is 0.331. The van der Waals surface area contributed by atoms with E-state index in [1.807, 2.05) is 13.0 Å². The minimum absolute atomic E-state index is 0.125. The van der Waals surface area contributed by atoms with E-state index in [-0.39, 0.29) is 10.8 Å². The largest absolute Gasteiger partial charge is 0.308 e. The fourth-order valence-electron chi connectivity index (χ4n) is 4.19. The van der Waals surface area contributed by atoms with Gasteiger partial charge in [0.15, 0.2) is 0 Å². The Hall–Kier alpha value is -1.92. The van der Waals surface area contributed by atoms with E-state index in [9.17, 15) is 8.42 Å². The molecule has 0 fully saturated rings. The average Bonchev–Trinajstić information content (AvgIpc) is 3.07. The molecule has 1 aliphatic rings. The van der Waals surface area contributed by atoms with Gasteiger partial charge < -0.3 is 0 Å². The second kappa shape index (κ2) is 7.10. The van der Waals surface area contributed by atoms with Crippen molar-refractivity contribution >= 4 is 21.9 Å². The normalized spacial score (nSPS) is 18.7. The number of hydrogen-bond donors (Lipinski definition) is 0. The number of benzene rings is 1. The molecule has 0 atom stereocenters. The fourth-order valence-corrected chi connectivity index (χ4v) is 5.09. The first-order chi connectivity index (χ1) is 13.3. The molecule has 0 spiro atoms. The monoisotopic (exact) mass is 415 g/mol. The van der Waals surface area contributed by atoms with Crippen molar-refractivity contribution < 1.29 is 8.42 Å². The van der Waals surface area contributed by atoms with Crippen molar-refractivity contribution in [2.45, 2.75) is 65.2 Å². The number of aryl methyl sites for hydroxylation is 1. The minimum atomic E-state index is -3.61. The number of hydrogen-bond acceptors (Lipinski definition) is 3. The van der Waals surface area contributed by atoms with Crippen molar-refractivity contribution in [1.82, 2.24) is 13.3 Å². The fraction of sp³-hybridized carbons (Fsp3) is 0.522. The van der Waals surface area contributed by atoms with Gasteiger partial charge in [0.25, 0.3) is 0 Å². The quantitative estimate of drug-likeness (QED) is 0.724. The van der Waals surface area contributed by atoms with Crippen molar-refractivity contribution in [1.29, 1.82) is 0 Å². The van der Waals surface area contributed by atoms with Crippen LogP contribution in [0.4, 0.5) is 0 Å². The first-order valence-electron chi connectivity index (χ1n) is 10.1. The molecule has 1 aliphatic carbocycles. The highest BCUT2D eigenvalue weighted by molar-refractivity contribution is 7.87. The van der Waals surface area contributed by atoms with Gasteiger partial charge in [-0.2, -0.15) is 12.7 Å². The van der Waals surface area contributed by atoms with Crippen LogP contribution in [0.15, 0.2) is 24.5 Å². The Bertz CT molecular complexity index is 1070. The van der Waals surface area contributed by atoms with Crippen LogP contribution in [-0.2, 0) is 21.0 Å². The molecule has 0 saturated heterocycles. The summed E-state index contributed by atoms with van der Waals surface area (Å²) in [7, 11) is -0.566. The maximum Gasteiger partial charge on any atom is 0.308 e. The minimum Gasteiger partial charge on any atom is -0.236 e.